The van der Waals surface area contributed by atoms with E-state index in [1.54, 1.807) is 18.5 Å². The maximum absolute atomic E-state index is 15.1. The molecule has 3 aliphatic rings. The van der Waals surface area contributed by atoms with Crippen LogP contribution in [0.4, 0.5) is 13.2 Å². The number of allylic oxidation sites excluding steroid dienone is 4. The number of benzene rings is 2. The maximum atomic E-state index is 15.1. The molecule has 208 valence electrons. The van der Waals surface area contributed by atoms with Gasteiger partial charge in [0.15, 0.2) is 17.8 Å². The fraction of sp³-hybridized carbons (Fsp3) is 0.344. The van der Waals surface area contributed by atoms with Crippen LogP contribution in [0.25, 0.3) is 11.4 Å². The summed E-state index contributed by atoms with van der Waals surface area (Å²) < 4.78 is 56.5. The van der Waals surface area contributed by atoms with Crippen molar-refractivity contribution < 1.29 is 22.6 Å². The first-order chi connectivity index (χ1) is 19.4. The van der Waals surface area contributed by atoms with Crippen molar-refractivity contribution in [3.05, 3.63) is 107 Å². The number of rotatable bonds is 7. The number of halogens is 3. The van der Waals surface area contributed by atoms with Gasteiger partial charge < -0.3 is 19.8 Å². The number of aromatic nitrogens is 2. The fourth-order valence-corrected chi connectivity index (χ4v) is 6.09. The van der Waals surface area contributed by atoms with Crippen molar-refractivity contribution in [3.63, 3.8) is 0 Å². The summed E-state index contributed by atoms with van der Waals surface area (Å²) in [4.78, 5) is 7.94. The van der Waals surface area contributed by atoms with Gasteiger partial charge in [0.05, 0.1) is 17.6 Å². The van der Waals surface area contributed by atoms with E-state index in [1.165, 1.54) is 35.4 Å². The Bertz CT molecular complexity index is 1510. The minimum atomic E-state index is -1.70. The smallest absolute Gasteiger partial charge is 0.175 e. The van der Waals surface area contributed by atoms with E-state index in [9.17, 15) is 4.39 Å². The molecule has 3 heterocycles. The molecule has 40 heavy (non-hydrogen) atoms. The summed E-state index contributed by atoms with van der Waals surface area (Å²) in [6.45, 7) is 4.82. The predicted molar refractivity (Wildman–Crippen MR) is 147 cm³/mol. The van der Waals surface area contributed by atoms with Crippen molar-refractivity contribution in [3.8, 4) is 17.1 Å². The van der Waals surface area contributed by atoms with Gasteiger partial charge in [-0.1, -0.05) is 43.7 Å². The number of aryl methyl sites for hydroxylation is 1. The Morgan fingerprint density at radius 3 is 2.88 bits per heavy atom. The standard InChI is InChI=1S/C32H32F3N3O2/c1-3-5-20-6-4-7-21(14-20)32(11-13-39-19(2)17-32)28-18-37-31(38-28)24-15-22(8-9-25(24)33)40-30-26(34)16-27-23(29(30)35)10-12-36-27/h4,6-10,12,14-16,18-19,23,29,36H,3,5,11,13,17H2,1-2H3,(H,37,38). The molecule has 2 N–H and O–H groups in total. The highest BCUT2D eigenvalue weighted by atomic mass is 19.1. The zero-order valence-corrected chi connectivity index (χ0v) is 22.5. The van der Waals surface area contributed by atoms with Crippen LogP contribution >= 0.6 is 0 Å². The van der Waals surface area contributed by atoms with Crippen molar-refractivity contribution in [2.75, 3.05) is 6.61 Å². The van der Waals surface area contributed by atoms with Crippen LogP contribution in [-0.2, 0) is 16.6 Å². The zero-order chi connectivity index (χ0) is 27.9. The summed E-state index contributed by atoms with van der Waals surface area (Å²) >= 11 is 0. The Kier molecular flexibility index (Phi) is 7.04. The van der Waals surface area contributed by atoms with E-state index in [4.69, 9.17) is 9.47 Å². The van der Waals surface area contributed by atoms with Crippen LogP contribution in [0.15, 0.2) is 84.3 Å². The van der Waals surface area contributed by atoms with Crippen molar-refractivity contribution in [2.24, 2.45) is 5.92 Å². The lowest BCUT2D eigenvalue weighted by Gasteiger charge is -2.40. The van der Waals surface area contributed by atoms with Crippen LogP contribution in [0.3, 0.4) is 0 Å². The van der Waals surface area contributed by atoms with Crippen LogP contribution in [0.2, 0.25) is 0 Å². The Morgan fingerprint density at radius 2 is 2.05 bits per heavy atom. The van der Waals surface area contributed by atoms with Gasteiger partial charge in [-0.2, -0.15) is 0 Å². The number of alkyl halides is 1. The molecule has 0 amide bonds. The van der Waals surface area contributed by atoms with E-state index in [2.05, 4.69) is 53.4 Å². The van der Waals surface area contributed by atoms with Gasteiger partial charge >= 0.3 is 0 Å². The molecule has 4 atom stereocenters. The first-order valence-electron chi connectivity index (χ1n) is 13.8. The number of H-pyrrole nitrogens is 1. The minimum Gasteiger partial charge on any atom is -0.455 e. The molecule has 2 aliphatic heterocycles. The van der Waals surface area contributed by atoms with Gasteiger partial charge in [-0.25, -0.2) is 18.2 Å². The predicted octanol–water partition coefficient (Wildman–Crippen LogP) is 7.18. The first kappa shape index (κ1) is 26.4. The summed E-state index contributed by atoms with van der Waals surface area (Å²) in [5.74, 6) is -1.95. The number of nitrogens with one attached hydrogen (secondary N) is 2. The second kappa shape index (κ2) is 10.7. The number of imidazole rings is 1. The highest BCUT2D eigenvalue weighted by Crippen LogP contribution is 2.44. The molecule has 5 nitrogen and oxygen atoms in total. The lowest BCUT2D eigenvalue weighted by Crippen LogP contribution is -2.39. The van der Waals surface area contributed by atoms with E-state index in [0.717, 1.165) is 31.4 Å². The van der Waals surface area contributed by atoms with E-state index >= 15 is 8.78 Å². The second-order valence-electron chi connectivity index (χ2n) is 10.8. The van der Waals surface area contributed by atoms with E-state index in [0.29, 0.717) is 18.1 Å². The molecule has 1 aromatic heterocycles. The lowest BCUT2D eigenvalue weighted by atomic mass is 9.70. The molecule has 0 bridgehead atoms. The fourth-order valence-electron chi connectivity index (χ4n) is 6.09. The molecule has 6 rings (SSSR count). The monoisotopic (exact) mass is 547 g/mol. The zero-order valence-electron chi connectivity index (χ0n) is 22.5. The third-order valence-corrected chi connectivity index (χ3v) is 8.09. The average molecular weight is 548 g/mol. The highest BCUT2D eigenvalue weighted by molar-refractivity contribution is 5.60. The second-order valence-corrected chi connectivity index (χ2v) is 10.8. The highest BCUT2D eigenvalue weighted by Gasteiger charge is 2.41. The molecular weight excluding hydrogens is 515 g/mol. The molecule has 0 spiro atoms. The summed E-state index contributed by atoms with van der Waals surface area (Å²) in [7, 11) is 0. The Labute approximate surface area is 231 Å². The number of hydrogen-bond acceptors (Lipinski definition) is 4. The van der Waals surface area contributed by atoms with Crippen molar-refractivity contribution in [1.29, 1.82) is 0 Å². The molecule has 1 aliphatic carbocycles. The van der Waals surface area contributed by atoms with Gasteiger partial charge in [0.1, 0.15) is 17.4 Å². The average Bonchev–Trinajstić information content (AvgIpc) is 3.63. The number of ether oxygens (including phenoxy) is 2. The van der Waals surface area contributed by atoms with Crippen LogP contribution in [-0.4, -0.2) is 28.9 Å². The molecule has 3 aromatic rings. The van der Waals surface area contributed by atoms with E-state index < -0.39 is 29.5 Å². The molecule has 4 unspecified atom stereocenters. The maximum Gasteiger partial charge on any atom is 0.175 e. The van der Waals surface area contributed by atoms with Gasteiger partial charge in [-0.3, -0.25) is 0 Å². The van der Waals surface area contributed by atoms with Crippen LogP contribution in [0.1, 0.15) is 49.9 Å². The summed E-state index contributed by atoms with van der Waals surface area (Å²) in [5, 5.41) is 2.84. The van der Waals surface area contributed by atoms with Crippen LogP contribution in [0.5, 0.6) is 5.75 Å². The van der Waals surface area contributed by atoms with Gasteiger partial charge in [0, 0.05) is 29.6 Å². The van der Waals surface area contributed by atoms with E-state index in [-0.39, 0.29) is 22.8 Å². The third kappa shape index (κ3) is 4.74. The summed E-state index contributed by atoms with van der Waals surface area (Å²) in [6, 6.07) is 12.6. The van der Waals surface area contributed by atoms with Crippen LogP contribution < -0.4 is 10.1 Å². The Hall–Kier alpha value is -3.78. The number of aromatic amines is 1. The van der Waals surface area contributed by atoms with Gasteiger partial charge in [0.25, 0.3) is 0 Å². The number of nitrogens with zero attached hydrogens (tertiary/aromatic N) is 1. The molecule has 8 heteroatoms. The van der Waals surface area contributed by atoms with Crippen molar-refractivity contribution in [1.82, 2.24) is 15.3 Å². The minimum absolute atomic E-state index is 0.0376. The third-order valence-electron chi connectivity index (χ3n) is 8.09. The SMILES string of the molecule is CCCc1cccc(C2(c3cnc(-c4cc(OC5=C(F)C=C6NC=CC6C5F)ccc4F)[nH]3)CCOC(C)C2)c1. The number of fused-ring (bicyclic) bond motifs is 1. The van der Waals surface area contributed by atoms with Gasteiger partial charge in [-0.15, -0.1) is 0 Å². The van der Waals surface area contributed by atoms with E-state index in [1.807, 2.05) is 0 Å². The Morgan fingerprint density at radius 1 is 1.18 bits per heavy atom. The quantitative estimate of drug-likeness (QED) is 0.329. The number of hydrogen-bond donors (Lipinski definition) is 2. The molecule has 1 saturated heterocycles. The topological polar surface area (TPSA) is 59.2 Å². The molecule has 1 fully saturated rings. The van der Waals surface area contributed by atoms with Crippen molar-refractivity contribution in [2.45, 2.75) is 57.2 Å². The van der Waals surface area contributed by atoms with Crippen LogP contribution in [0, 0.1) is 11.7 Å². The molecular formula is C32H32F3N3O2. The first-order valence-corrected chi connectivity index (χ1v) is 13.8. The molecule has 2 aromatic carbocycles. The molecule has 0 saturated carbocycles. The Balaban J connectivity index is 1.34. The molecule has 0 radical (unpaired) electrons. The normalized spacial score (nSPS) is 25.9. The van der Waals surface area contributed by atoms with Gasteiger partial charge in [-0.05, 0) is 67.8 Å². The lowest BCUT2D eigenvalue weighted by molar-refractivity contribution is -0.000955. The summed E-state index contributed by atoms with van der Waals surface area (Å²) in [6.07, 6.45) is 8.08. The summed E-state index contributed by atoms with van der Waals surface area (Å²) in [5.41, 5.74) is 3.55. The van der Waals surface area contributed by atoms with Crippen molar-refractivity contribution >= 4 is 0 Å². The largest absolute Gasteiger partial charge is 0.455 e. The van der Waals surface area contributed by atoms with Gasteiger partial charge in [0.2, 0.25) is 0 Å².